The molecular formula is C16H25N3O. The van der Waals surface area contributed by atoms with Crippen molar-refractivity contribution < 1.29 is 4.79 Å². The van der Waals surface area contributed by atoms with Gasteiger partial charge in [-0.2, -0.15) is 0 Å². The number of nitrogens with one attached hydrogen (secondary N) is 2. The van der Waals surface area contributed by atoms with E-state index in [4.69, 9.17) is 0 Å². The third-order valence-electron chi connectivity index (χ3n) is 3.88. The fourth-order valence-corrected chi connectivity index (χ4v) is 2.47. The molecule has 0 aliphatic carbocycles. The Morgan fingerprint density at radius 3 is 2.95 bits per heavy atom. The maximum atomic E-state index is 12.0. The van der Waals surface area contributed by atoms with E-state index in [1.54, 1.807) is 0 Å². The second-order valence-electron chi connectivity index (χ2n) is 5.56. The van der Waals surface area contributed by atoms with E-state index in [0.717, 1.165) is 32.6 Å². The first-order chi connectivity index (χ1) is 9.69. The Kier molecular flexibility index (Phi) is 5.56. The number of carbonyl (C=O) groups is 1. The summed E-state index contributed by atoms with van der Waals surface area (Å²) < 4.78 is 0. The van der Waals surface area contributed by atoms with E-state index < -0.39 is 0 Å². The monoisotopic (exact) mass is 275 g/mol. The van der Waals surface area contributed by atoms with Crippen molar-refractivity contribution in [2.45, 2.75) is 26.4 Å². The van der Waals surface area contributed by atoms with Gasteiger partial charge in [-0.05, 0) is 37.7 Å². The summed E-state index contributed by atoms with van der Waals surface area (Å²) in [5, 5.41) is 6.27. The number of rotatable bonds is 6. The number of hydrogen-bond donors (Lipinski definition) is 2. The Balaban J connectivity index is 1.86. The normalized spacial score (nSPS) is 18.4. The van der Waals surface area contributed by atoms with Gasteiger partial charge in [0, 0.05) is 19.6 Å². The average molecular weight is 275 g/mol. The quantitative estimate of drug-likeness (QED) is 0.824. The summed E-state index contributed by atoms with van der Waals surface area (Å²) in [6.07, 6.45) is 0.952. The molecule has 0 aromatic heterocycles. The summed E-state index contributed by atoms with van der Waals surface area (Å²) >= 11 is 0. The molecule has 1 aliphatic rings. The molecule has 1 atom stereocenters. The first-order valence-corrected chi connectivity index (χ1v) is 7.44. The first-order valence-electron chi connectivity index (χ1n) is 7.44. The Hall–Kier alpha value is -1.39. The fraction of sp³-hybridized carbons (Fsp3) is 0.562. The predicted molar refractivity (Wildman–Crippen MR) is 81.3 cm³/mol. The van der Waals surface area contributed by atoms with Crippen LogP contribution in [0, 0.1) is 5.92 Å². The first kappa shape index (κ1) is 15.0. The van der Waals surface area contributed by atoms with E-state index in [0.29, 0.717) is 6.54 Å². The van der Waals surface area contributed by atoms with Gasteiger partial charge in [0.15, 0.2) is 0 Å². The highest BCUT2D eigenvalue weighted by molar-refractivity contribution is 5.79. The molecule has 2 N–H and O–H groups in total. The van der Waals surface area contributed by atoms with Crippen LogP contribution in [-0.2, 0) is 17.9 Å². The van der Waals surface area contributed by atoms with Crippen LogP contribution in [-0.4, -0.2) is 37.5 Å². The van der Waals surface area contributed by atoms with E-state index >= 15 is 0 Å². The largest absolute Gasteiger partial charge is 0.352 e. The van der Waals surface area contributed by atoms with Crippen LogP contribution in [0.15, 0.2) is 24.3 Å². The third-order valence-corrected chi connectivity index (χ3v) is 3.88. The zero-order valence-corrected chi connectivity index (χ0v) is 12.5. The number of benzene rings is 1. The summed E-state index contributed by atoms with van der Waals surface area (Å²) in [6, 6.07) is 8.46. The minimum atomic E-state index is 0.143. The third kappa shape index (κ3) is 4.32. The predicted octanol–water partition coefficient (Wildman–Crippen LogP) is 1.36. The molecule has 0 spiro atoms. The maximum Gasteiger partial charge on any atom is 0.224 e. The van der Waals surface area contributed by atoms with Gasteiger partial charge >= 0.3 is 0 Å². The lowest BCUT2D eigenvalue weighted by Crippen LogP contribution is -2.31. The van der Waals surface area contributed by atoms with E-state index in [1.165, 1.54) is 11.1 Å². The van der Waals surface area contributed by atoms with Gasteiger partial charge in [0.1, 0.15) is 0 Å². The summed E-state index contributed by atoms with van der Waals surface area (Å²) in [7, 11) is 2.11. The molecule has 20 heavy (non-hydrogen) atoms. The summed E-state index contributed by atoms with van der Waals surface area (Å²) in [6.45, 7) is 6.53. The highest BCUT2D eigenvalue weighted by Crippen LogP contribution is 2.10. The molecule has 1 aromatic rings. The van der Waals surface area contributed by atoms with Gasteiger partial charge in [0.05, 0.1) is 5.92 Å². The Bertz CT molecular complexity index is 441. The molecule has 1 fully saturated rings. The molecule has 1 unspecified atom stereocenters. The molecule has 4 nitrogen and oxygen atoms in total. The zero-order valence-electron chi connectivity index (χ0n) is 12.5. The highest BCUT2D eigenvalue weighted by atomic mass is 16.1. The Labute approximate surface area is 121 Å². The second-order valence-corrected chi connectivity index (χ2v) is 5.56. The van der Waals surface area contributed by atoms with Gasteiger partial charge in [-0.25, -0.2) is 0 Å². The molecule has 1 aromatic carbocycles. The van der Waals surface area contributed by atoms with Gasteiger partial charge in [-0.3, -0.25) is 4.79 Å². The summed E-state index contributed by atoms with van der Waals surface area (Å²) in [5.74, 6) is 0.315. The molecule has 2 rings (SSSR count). The molecule has 110 valence electrons. The van der Waals surface area contributed by atoms with Crippen LogP contribution >= 0.6 is 0 Å². The van der Waals surface area contributed by atoms with Crippen LogP contribution in [0.1, 0.15) is 24.5 Å². The van der Waals surface area contributed by atoms with Crippen molar-refractivity contribution in [1.29, 1.82) is 0 Å². The molecule has 1 saturated heterocycles. The minimum Gasteiger partial charge on any atom is -0.352 e. The molecular weight excluding hydrogens is 250 g/mol. The van der Waals surface area contributed by atoms with E-state index in [9.17, 15) is 4.79 Å². The lowest BCUT2D eigenvalue weighted by molar-refractivity contribution is -0.124. The molecule has 0 saturated carbocycles. The van der Waals surface area contributed by atoms with Crippen molar-refractivity contribution >= 4 is 5.91 Å². The number of amides is 1. The minimum absolute atomic E-state index is 0.143. The highest BCUT2D eigenvalue weighted by Gasteiger charge is 2.21. The van der Waals surface area contributed by atoms with Crippen LogP contribution in [0.25, 0.3) is 0 Å². The number of nitrogens with zero attached hydrogens (tertiary/aromatic N) is 1. The van der Waals surface area contributed by atoms with E-state index in [2.05, 4.69) is 53.8 Å². The van der Waals surface area contributed by atoms with Crippen molar-refractivity contribution in [2.75, 3.05) is 26.7 Å². The Morgan fingerprint density at radius 2 is 2.25 bits per heavy atom. The lowest BCUT2D eigenvalue weighted by atomic mass is 10.1. The van der Waals surface area contributed by atoms with Crippen molar-refractivity contribution in [1.82, 2.24) is 15.5 Å². The molecule has 4 heteroatoms. The van der Waals surface area contributed by atoms with Crippen molar-refractivity contribution in [3.05, 3.63) is 35.4 Å². The maximum absolute atomic E-state index is 12.0. The molecule has 0 radical (unpaired) electrons. The van der Waals surface area contributed by atoms with Crippen LogP contribution in [0.2, 0.25) is 0 Å². The molecule has 0 bridgehead atoms. The standard InChI is InChI=1S/C16H25N3O/c1-3-19(2)12-14-6-4-5-13(9-14)10-18-16(20)15-7-8-17-11-15/h4-6,9,15,17H,3,7-8,10-12H2,1-2H3,(H,18,20). The van der Waals surface area contributed by atoms with Crippen molar-refractivity contribution in [3.63, 3.8) is 0 Å². The van der Waals surface area contributed by atoms with E-state index in [1.807, 2.05) is 0 Å². The van der Waals surface area contributed by atoms with Gasteiger partial charge in [0.25, 0.3) is 0 Å². The van der Waals surface area contributed by atoms with Crippen LogP contribution in [0.5, 0.6) is 0 Å². The van der Waals surface area contributed by atoms with Crippen molar-refractivity contribution in [3.8, 4) is 0 Å². The number of hydrogen-bond acceptors (Lipinski definition) is 3. The van der Waals surface area contributed by atoms with Gasteiger partial charge < -0.3 is 15.5 Å². The smallest absolute Gasteiger partial charge is 0.224 e. The zero-order chi connectivity index (χ0) is 14.4. The Morgan fingerprint density at radius 1 is 1.45 bits per heavy atom. The second kappa shape index (κ2) is 7.41. The van der Waals surface area contributed by atoms with Crippen LogP contribution < -0.4 is 10.6 Å². The number of carbonyl (C=O) groups excluding carboxylic acids is 1. The average Bonchev–Trinajstić information content (AvgIpc) is 2.99. The van der Waals surface area contributed by atoms with Crippen LogP contribution in [0.3, 0.4) is 0 Å². The molecule has 1 aliphatic heterocycles. The molecule has 1 heterocycles. The van der Waals surface area contributed by atoms with Crippen LogP contribution in [0.4, 0.5) is 0 Å². The summed E-state index contributed by atoms with van der Waals surface area (Å²) in [5.41, 5.74) is 2.47. The van der Waals surface area contributed by atoms with Gasteiger partial charge in [0.2, 0.25) is 5.91 Å². The topological polar surface area (TPSA) is 44.4 Å². The lowest BCUT2D eigenvalue weighted by Gasteiger charge is -2.15. The fourth-order valence-electron chi connectivity index (χ4n) is 2.47. The van der Waals surface area contributed by atoms with E-state index in [-0.39, 0.29) is 11.8 Å². The van der Waals surface area contributed by atoms with Gasteiger partial charge in [-0.15, -0.1) is 0 Å². The van der Waals surface area contributed by atoms with Crippen molar-refractivity contribution in [2.24, 2.45) is 5.92 Å². The molecule has 1 amide bonds. The van der Waals surface area contributed by atoms with Gasteiger partial charge in [-0.1, -0.05) is 31.2 Å². The SMILES string of the molecule is CCN(C)Cc1cccc(CNC(=O)C2CCNC2)c1. The summed E-state index contributed by atoms with van der Waals surface area (Å²) in [4.78, 5) is 14.2.